The molecule has 1 N–H and O–H groups in total. The molecule has 3 aromatic rings. The van der Waals surface area contributed by atoms with E-state index in [2.05, 4.69) is 4.98 Å². The van der Waals surface area contributed by atoms with Gasteiger partial charge in [0.2, 0.25) is 0 Å². The number of aliphatic hydroxyl groups is 1. The zero-order chi connectivity index (χ0) is 33.7. The van der Waals surface area contributed by atoms with Gasteiger partial charge in [0.15, 0.2) is 0 Å². The molecule has 248 valence electrons. The Kier molecular flexibility index (Phi) is 8.24. The van der Waals surface area contributed by atoms with E-state index in [9.17, 15) is 24.3 Å². The molecule has 2 unspecified atom stereocenters. The van der Waals surface area contributed by atoms with Gasteiger partial charge in [0, 0.05) is 49.2 Å². The van der Waals surface area contributed by atoms with Crippen LogP contribution in [0.25, 0.3) is 11.3 Å². The molecule has 3 heterocycles. The van der Waals surface area contributed by atoms with E-state index >= 15 is 0 Å². The molecule has 1 aromatic carbocycles. The molecule has 6 rings (SSSR count). The second kappa shape index (κ2) is 11.9. The molecule has 0 saturated heterocycles. The van der Waals surface area contributed by atoms with Gasteiger partial charge in [-0.15, -0.1) is 0 Å². The lowest BCUT2D eigenvalue weighted by Crippen LogP contribution is -2.71. The van der Waals surface area contributed by atoms with E-state index in [1.165, 1.54) is 13.8 Å². The highest BCUT2D eigenvalue weighted by Gasteiger charge is 2.70. The van der Waals surface area contributed by atoms with Crippen LogP contribution in [0.3, 0.4) is 0 Å². The van der Waals surface area contributed by atoms with Crippen LogP contribution < -0.4 is 10.4 Å². The van der Waals surface area contributed by atoms with Crippen molar-refractivity contribution in [2.75, 3.05) is 6.61 Å². The standard InChI is InChI=1S/C36H39NO10/c1-20(38)44-27-13-14-34(3)26(35(27,4)19-43-32(41)22-10-7-6-8-11-22)17-28(45-21(2)39)36(5)31(34)30(40)29-25(47-36)16-24(46-33(29)42)23-12-9-15-37-18-23/h6-12,15-16,18,26-28,30-31,40H,13-14,17,19H2,1-5H3/t26?,27-,28-,30-,31?,34-,35-,36+/m0/s1. The Morgan fingerprint density at radius 1 is 1.00 bits per heavy atom. The molecule has 3 aliphatic rings. The maximum absolute atomic E-state index is 13.6. The monoisotopic (exact) mass is 645 g/mol. The zero-order valence-corrected chi connectivity index (χ0v) is 27.1. The van der Waals surface area contributed by atoms with Gasteiger partial charge in [0.25, 0.3) is 0 Å². The smallest absolute Gasteiger partial charge is 0.345 e. The summed E-state index contributed by atoms with van der Waals surface area (Å²) >= 11 is 0. The molecule has 0 radical (unpaired) electrons. The average Bonchev–Trinajstić information content (AvgIpc) is 3.02. The first-order valence-electron chi connectivity index (χ1n) is 15.8. The number of hydrogen-bond donors (Lipinski definition) is 1. The largest absolute Gasteiger partial charge is 0.482 e. The fourth-order valence-corrected chi connectivity index (χ4v) is 8.66. The summed E-state index contributed by atoms with van der Waals surface area (Å²) in [5.74, 6) is -2.41. The van der Waals surface area contributed by atoms with E-state index in [-0.39, 0.29) is 30.1 Å². The van der Waals surface area contributed by atoms with Crippen molar-refractivity contribution in [1.29, 1.82) is 0 Å². The number of rotatable bonds is 6. The number of esters is 3. The number of pyridine rings is 1. The number of fused-ring (bicyclic) bond motifs is 4. The molecule has 2 aliphatic carbocycles. The number of carbonyl (C=O) groups excluding carboxylic acids is 3. The Bertz CT molecular complexity index is 1740. The van der Waals surface area contributed by atoms with Crippen LogP contribution in [-0.4, -0.2) is 52.4 Å². The molecule has 0 bridgehead atoms. The number of nitrogens with zero attached hydrogens (tertiary/aromatic N) is 1. The first kappa shape index (κ1) is 32.4. The highest BCUT2D eigenvalue weighted by molar-refractivity contribution is 5.89. The molecule has 11 heteroatoms. The minimum absolute atomic E-state index is 0.0251. The third-order valence-electron chi connectivity index (χ3n) is 10.7. The number of carbonyl (C=O) groups is 3. The molecule has 1 aliphatic heterocycles. The summed E-state index contributed by atoms with van der Waals surface area (Å²) in [5, 5.41) is 12.2. The number of aromatic nitrogens is 1. The van der Waals surface area contributed by atoms with Gasteiger partial charge in [0.05, 0.1) is 11.7 Å². The van der Waals surface area contributed by atoms with Crippen LogP contribution in [0.5, 0.6) is 5.75 Å². The summed E-state index contributed by atoms with van der Waals surface area (Å²) in [6.07, 6.45) is 1.36. The first-order valence-corrected chi connectivity index (χ1v) is 15.8. The summed E-state index contributed by atoms with van der Waals surface area (Å²) in [6.45, 7) is 8.22. The van der Waals surface area contributed by atoms with Crippen LogP contribution in [-0.2, 0) is 23.8 Å². The van der Waals surface area contributed by atoms with E-state index < -0.39 is 70.1 Å². The van der Waals surface area contributed by atoms with E-state index in [1.54, 1.807) is 67.8 Å². The molecule has 2 saturated carbocycles. The Morgan fingerprint density at radius 2 is 1.70 bits per heavy atom. The fraction of sp³-hybridized carbons (Fsp3) is 0.472. The number of aliphatic hydroxyl groups excluding tert-OH is 1. The van der Waals surface area contributed by atoms with Gasteiger partial charge < -0.3 is 28.5 Å². The van der Waals surface area contributed by atoms with E-state index in [0.717, 1.165) is 0 Å². The van der Waals surface area contributed by atoms with Crippen molar-refractivity contribution in [3.8, 4) is 17.1 Å². The van der Waals surface area contributed by atoms with Crippen LogP contribution in [0.1, 0.15) is 75.9 Å². The normalized spacial score (nSPS) is 32.4. The van der Waals surface area contributed by atoms with Gasteiger partial charge >= 0.3 is 23.5 Å². The Balaban J connectivity index is 1.45. The molecule has 0 spiro atoms. The number of hydrogen-bond acceptors (Lipinski definition) is 11. The van der Waals surface area contributed by atoms with Crippen LogP contribution in [0.15, 0.2) is 70.1 Å². The van der Waals surface area contributed by atoms with Crippen LogP contribution in [0, 0.1) is 22.7 Å². The highest BCUT2D eigenvalue weighted by atomic mass is 16.6. The molecular formula is C36H39NO10. The van der Waals surface area contributed by atoms with Crippen LogP contribution >= 0.6 is 0 Å². The van der Waals surface area contributed by atoms with E-state index in [1.807, 2.05) is 13.8 Å². The molecule has 8 atom stereocenters. The Morgan fingerprint density at radius 3 is 2.36 bits per heavy atom. The van der Waals surface area contributed by atoms with Gasteiger partial charge in [-0.1, -0.05) is 32.0 Å². The zero-order valence-electron chi connectivity index (χ0n) is 27.1. The van der Waals surface area contributed by atoms with Crippen LogP contribution in [0.2, 0.25) is 0 Å². The lowest BCUT2D eigenvalue weighted by Gasteiger charge is -2.66. The van der Waals surface area contributed by atoms with E-state index in [0.29, 0.717) is 24.0 Å². The highest BCUT2D eigenvalue weighted by Crippen LogP contribution is 2.67. The maximum Gasteiger partial charge on any atom is 0.345 e. The Labute approximate surface area is 272 Å². The topological polar surface area (TPSA) is 151 Å². The predicted octanol–water partition coefficient (Wildman–Crippen LogP) is 5.05. The van der Waals surface area contributed by atoms with Gasteiger partial charge in [-0.3, -0.25) is 14.6 Å². The first-order chi connectivity index (χ1) is 22.3. The fourth-order valence-electron chi connectivity index (χ4n) is 8.66. The lowest BCUT2D eigenvalue weighted by atomic mass is 9.42. The van der Waals surface area contributed by atoms with Crippen molar-refractivity contribution in [2.45, 2.75) is 77.8 Å². The summed E-state index contributed by atoms with van der Waals surface area (Å²) < 4.78 is 30.1. The molecular weight excluding hydrogens is 606 g/mol. The van der Waals surface area contributed by atoms with Crippen LogP contribution in [0.4, 0.5) is 0 Å². The lowest BCUT2D eigenvalue weighted by molar-refractivity contribution is -0.269. The van der Waals surface area contributed by atoms with Crippen molar-refractivity contribution in [3.63, 3.8) is 0 Å². The van der Waals surface area contributed by atoms with E-state index in [4.69, 9.17) is 23.4 Å². The van der Waals surface area contributed by atoms with Gasteiger partial charge in [-0.05, 0) is 61.8 Å². The van der Waals surface area contributed by atoms with Crippen molar-refractivity contribution < 1.29 is 42.9 Å². The molecule has 47 heavy (non-hydrogen) atoms. The predicted molar refractivity (Wildman–Crippen MR) is 167 cm³/mol. The number of benzene rings is 1. The van der Waals surface area contributed by atoms with Gasteiger partial charge in [-0.2, -0.15) is 0 Å². The summed E-state index contributed by atoms with van der Waals surface area (Å²) in [7, 11) is 0. The number of ether oxygens (including phenoxy) is 4. The minimum atomic E-state index is -1.37. The third kappa shape index (κ3) is 5.50. The van der Waals surface area contributed by atoms with Gasteiger partial charge in [0.1, 0.15) is 41.5 Å². The minimum Gasteiger partial charge on any atom is -0.482 e. The van der Waals surface area contributed by atoms with Gasteiger partial charge in [-0.25, -0.2) is 9.59 Å². The average molecular weight is 646 g/mol. The third-order valence-corrected chi connectivity index (χ3v) is 10.7. The van der Waals surface area contributed by atoms with Crippen molar-refractivity contribution in [3.05, 3.63) is 82.5 Å². The maximum atomic E-state index is 13.6. The summed E-state index contributed by atoms with van der Waals surface area (Å²) in [5.41, 5.74) is -2.88. The molecule has 11 nitrogen and oxygen atoms in total. The molecule has 0 amide bonds. The summed E-state index contributed by atoms with van der Waals surface area (Å²) in [4.78, 5) is 55.7. The molecule has 2 fully saturated rings. The van der Waals surface area contributed by atoms with Crippen molar-refractivity contribution in [2.24, 2.45) is 22.7 Å². The molecule has 2 aromatic heterocycles. The second-order valence-corrected chi connectivity index (χ2v) is 13.6. The second-order valence-electron chi connectivity index (χ2n) is 13.6. The quantitative estimate of drug-likeness (QED) is 0.283. The summed E-state index contributed by atoms with van der Waals surface area (Å²) in [6, 6.07) is 13.6. The van der Waals surface area contributed by atoms with Crippen molar-refractivity contribution >= 4 is 17.9 Å². The SMILES string of the molecule is CC(=O)O[C@H]1CC[C@@]2(C)C(C[C@H](OC(C)=O)[C@@]3(C)Oc4cc(-c5cccnc5)oc(=O)c4[C@H](O)C23)[C@]1(C)COC(=O)c1ccccc1. The van der Waals surface area contributed by atoms with Crippen molar-refractivity contribution in [1.82, 2.24) is 4.98 Å². The Hall–Kier alpha value is -4.51.